The number of hydrogen-bond acceptors (Lipinski definition) is 2. The lowest BCUT2D eigenvalue weighted by atomic mass is 9.98. The van der Waals surface area contributed by atoms with Crippen molar-refractivity contribution in [2.24, 2.45) is 0 Å². The minimum Gasteiger partial charge on any atom is -0.485 e. The maximum absolute atomic E-state index is 11.4. The molecule has 0 aromatic carbocycles. The molecule has 1 N–H and O–H groups in total. The predicted molar refractivity (Wildman–Crippen MR) is 65.0 cm³/mol. The summed E-state index contributed by atoms with van der Waals surface area (Å²) >= 11 is 0. The van der Waals surface area contributed by atoms with Crippen LogP contribution in [0.2, 0.25) is 0 Å². The van der Waals surface area contributed by atoms with Gasteiger partial charge in [0.25, 0.3) is 5.91 Å². The normalized spacial score (nSPS) is 18.3. The monoisotopic (exact) mass is 225 g/mol. The fourth-order valence-corrected chi connectivity index (χ4v) is 2.05. The van der Waals surface area contributed by atoms with Gasteiger partial charge >= 0.3 is 0 Å². The Kier molecular flexibility index (Phi) is 5.98. The Balaban J connectivity index is 2.32. The Hall–Kier alpha value is -0.990. The summed E-state index contributed by atoms with van der Waals surface area (Å²) in [6.07, 6.45) is 8.61. The van der Waals surface area contributed by atoms with E-state index in [4.69, 9.17) is 4.74 Å². The zero-order chi connectivity index (χ0) is 11.8. The van der Waals surface area contributed by atoms with E-state index in [2.05, 4.69) is 11.9 Å². The Morgan fingerprint density at radius 2 is 1.81 bits per heavy atom. The molecule has 1 fully saturated rings. The van der Waals surface area contributed by atoms with Crippen molar-refractivity contribution in [2.45, 2.75) is 58.0 Å². The number of hydrogen-bond donors (Lipinski definition) is 1. The van der Waals surface area contributed by atoms with Crippen LogP contribution in [-0.4, -0.2) is 18.6 Å². The Morgan fingerprint density at radius 3 is 2.38 bits per heavy atom. The van der Waals surface area contributed by atoms with E-state index in [0.717, 1.165) is 12.8 Å². The van der Waals surface area contributed by atoms with Gasteiger partial charge in [-0.1, -0.05) is 25.8 Å². The Bertz CT molecular complexity index is 230. The summed E-state index contributed by atoms with van der Waals surface area (Å²) in [7, 11) is 0. The van der Waals surface area contributed by atoms with Crippen LogP contribution >= 0.6 is 0 Å². The zero-order valence-electron chi connectivity index (χ0n) is 10.3. The lowest BCUT2D eigenvalue weighted by Crippen LogP contribution is -2.27. The van der Waals surface area contributed by atoms with Crippen molar-refractivity contribution in [2.75, 3.05) is 6.54 Å². The van der Waals surface area contributed by atoms with Crippen LogP contribution in [0.5, 0.6) is 0 Å². The van der Waals surface area contributed by atoms with Crippen LogP contribution < -0.4 is 5.32 Å². The second-order valence-electron chi connectivity index (χ2n) is 4.37. The zero-order valence-corrected chi connectivity index (χ0v) is 10.3. The number of carbonyl (C=O) groups excluding carboxylic acids is 1. The highest BCUT2D eigenvalue weighted by Crippen LogP contribution is 2.20. The van der Waals surface area contributed by atoms with Gasteiger partial charge in [-0.05, 0) is 32.6 Å². The van der Waals surface area contributed by atoms with Gasteiger partial charge in [-0.2, -0.15) is 0 Å². The van der Waals surface area contributed by atoms with Gasteiger partial charge in [0.05, 0.1) is 6.10 Å². The van der Waals surface area contributed by atoms with Crippen LogP contribution in [0, 0.1) is 0 Å². The molecule has 0 bridgehead atoms. The molecule has 1 aliphatic carbocycles. The van der Waals surface area contributed by atoms with Crippen LogP contribution in [-0.2, 0) is 9.53 Å². The molecule has 1 saturated carbocycles. The van der Waals surface area contributed by atoms with Crippen molar-refractivity contribution in [1.82, 2.24) is 5.32 Å². The first-order valence-electron chi connectivity index (χ1n) is 6.37. The fraction of sp³-hybridized carbons (Fsp3) is 0.769. The smallest absolute Gasteiger partial charge is 0.285 e. The van der Waals surface area contributed by atoms with Gasteiger partial charge in [0.15, 0.2) is 5.76 Å². The molecular formula is C13H23NO2. The molecule has 1 rings (SSSR count). The van der Waals surface area contributed by atoms with E-state index in [1.165, 1.54) is 32.1 Å². The molecule has 0 atom stereocenters. The SMILES string of the molecule is C=C(OC1CCCCCCC1)C(=O)NCC. The third-order valence-electron chi connectivity index (χ3n) is 2.95. The van der Waals surface area contributed by atoms with E-state index in [0.29, 0.717) is 6.54 Å². The first-order valence-corrected chi connectivity index (χ1v) is 6.37. The average molecular weight is 225 g/mol. The van der Waals surface area contributed by atoms with Crippen molar-refractivity contribution < 1.29 is 9.53 Å². The van der Waals surface area contributed by atoms with Gasteiger partial charge in [0.2, 0.25) is 0 Å². The molecule has 1 amide bonds. The first-order chi connectivity index (χ1) is 7.74. The third kappa shape index (κ3) is 4.69. The Morgan fingerprint density at radius 1 is 1.25 bits per heavy atom. The Labute approximate surface area is 98.2 Å². The van der Waals surface area contributed by atoms with E-state index >= 15 is 0 Å². The molecule has 0 saturated heterocycles. The van der Waals surface area contributed by atoms with Crippen LogP contribution in [0.3, 0.4) is 0 Å². The van der Waals surface area contributed by atoms with Gasteiger partial charge in [0, 0.05) is 6.54 Å². The maximum Gasteiger partial charge on any atom is 0.285 e. The first kappa shape index (κ1) is 13.1. The summed E-state index contributed by atoms with van der Waals surface area (Å²) in [6, 6.07) is 0. The van der Waals surface area contributed by atoms with E-state index in [1.54, 1.807) is 0 Å². The van der Waals surface area contributed by atoms with Crippen molar-refractivity contribution in [3.05, 3.63) is 12.3 Å². The molecule has 0 heterocycles. The predicted octanol–water partition coefficient (Wildman–Crippen LogP) is 2.77. The molecule has 3 nitrogen and oxygen atoms in total. The maximum atomic E-state index is 11.4. The number of amides is 1. The standard InChI is InChI=1S/C13H23NO2/c1-3-14-13(15)11(2)16-12-9-7-5-4-6-8-10-12/h12H,2-10H2,1H3,(H,14,15). The lowest BCUT2D eigenvalue weighted by molar-refractivity contribution is -0.122. The number of rotatable bonds is 4. The quantitative estimate of drug-likeness (QED) is 0.590. The van der Waals surface area contributed by atoms with Crippen LogP contribution in [0.1, 0.15) is 51.9 Å². The van der Waals surface area contributed by atoms with Crippen molar-refractivity contribution in [3.63, 3.8) is 0 Å². The van der Waals surface area contributed by atoms with Crippen LogP contribution in [0.15, 0.2) is 12.3 Å². The largest absolute Gasteiger partial charge is 0.485 e. The average Bonchev–Trinajstić information content (AvgIpc) is 2.22. The fourth-order valence-electron chi connectivity index (χ4n) is 2.05. The minimum absolute atomic E-state index is 0.176. The van der Waals surface area contributed by atoms with Crippen LogP contribution in [0.25, 0.3) is 0 Å². The summed E-state index contributed by atoms with van der Waals surface area (Å²) in [5.41, 5.74) is 0. The van der Waals surface area contributed by atoms with Crippen LogP contribution in [0.4, 0.5) is 0 Å². The molecular weight excluding hydrogens is 202 g/mol. The topological polar surface area (TPSA) is 38.3 Å². The number of nitrogens with one attached hydrogen (secondary N) is 1. The summed E-state index contributed by atoms with van der Waals surface area (Å²) in [6.45, 7) is 6.19. The van der Waals surface area contributed by atoms with Gasteiger partial charge < -0.3 is 10.1 Å². The number of likely N-dealkylation sites (N-methyl/N-ethyl adjacent to an activating group) is 1. The summed E-state index contributed by atoms with van der Waals surface area (Å²) in [5.74, 6) is 0.0944. The molecule has 92 valence electrons. The van der Waals surface area contributed by atoms with Crippen molar-refractivity contribution in [1.29, 1.82) is 0 Å². The molecule has 0 unspecified atom stereocenters. The van der Waals surface area contributed by atoms with Crippen molar-refractivity contribution in [3.8, 4) is 0 Å². The number of carbonyl (C=O) groups is 1. The number of ether oxygens (including phenoxy) is 1. The highest BCUT2D eigenvalue weighted by Gasteiger charge is 2.16. The molecule has 0 aromatic rings. The van der Waals surface area contributed by atoms with E-state index in [1.807, 2.05) is 6.92 Å². The van der Waals surface area contributed by atoms with Crippen molar-refractivity contribution >= 4 is 5.91 Å². The third-order valence-corrected chi connectivity index (χ3v) is 2.95. The molecule has 0 radical (unpaired) electrons. The summed E-state index contributed by atoms with van der Waals surface area (Å²) in [5, 5.41) is 2.70. The minimum atomic E-state index is -0.176. The van der Waals surface area contributed by atoms with Gasteiger partial charge in [-0.25, -0.2) is 0 Å². The van der Waals surface area contributed by atoms with E-state index in [9.17, 15) is 4.79 Å². The van der Waals surface area contributed by atoms with Gasteiger partial charge in [0.1, 0.15) is 0 Å². The second-order valence-corrected chi connectivity index (χ2v) is 4.37. The molecule has 0 spiro atoms. The lowest BCUT2D eigenvalue weighted by Gasteiger charge is -2.21. The second kappa shape index (κ2) is 7.31. The van der Waals surface area contributed by atoms with E-state index in [-0.39, 0.29) is 17.8 Å². The summed E-state index contributed by atoms with van der Waals surface area (Å²) < 4.78 is 5.63. The molecule has 16 heavy (non-hydrogen) atoms. The molecule has 0 aromatic heterocycles. The highest BCUT2D eigenvalue weighted by molar-refractivity contribution is 5.90. The summed E-state index contributed by atoms with van der Waals surface area (Å²) in [4.78, 5) is 11.4. The van der Waals surface area contributed by atoms with E-state index < -0.39 is 0 Å². The highest BCUT2D eigenvalue weighted by atomic mass is 16.5. The van der Waals surface area contributed by atoms with Gasteiger partial charge in [-0.15, -0.1) is 0 Å². The molecule has 3 heteroatoms. The van der Waals surface area contributed by atoms with Gasteiger partial charge in [-0.3, -0.25) is 4.79 Å². The molecule has 0 aliphatic heterocycles. The molecule has 1 aliphatic rings.